The highest BCUT2D eigenvalue weighted by molar-refractivity contribution is 5.90. The third-order valence-corrected chi connectivity index (χ3v) is 4.03. The summed E-state index contributed by atoms with van der Waals surface area (Å²) in [5.74, 6) is -0.137. The molecule has 0 radical (unpaired) electrons. The average Bonchev–Trinajstić information content (AvgIpc) is 2.91. The van der Waals surface area contributed by atoms with Gasteiger partial charge in [0, 0.05) is 13.1 Å². The molecule has 7 nitrogen and oxygen atoms in total. The van der Waals surface area contributed by atoms with Crippen molar-refractivity contribution in [2.75, 3.05) is 11.9 Å². The second-order valence-electron chi connectivity index (χ2n) is 5.90. The molecule has 0 bridgehead atoms. The molecule has 1 aliphatic heterocycles. The van der Waals surface area contributed by atoms with Crippen molar-refractivity contribution in [3.05, 3.63) is 53.2 Å². The minimum Gasteiger partial charge on any atom is -0.364 e. The van der Waals surface area contributed by atoms with E-state index in [1.807, 2.05) is 36.1 Å². The summed E-state index contributed by atoms with van der Waals surface area (Å²) in [6.07, 6.45) is 0.698. The molecule has 0 saturated carbocycles. The lowest BCUT2D eigenvalue weighted by molar-refractivity contribution is -0.128. The number of rotatable bonds is 5. The molecule has 1 aromatic heterocycles. The van der Waals surface area contributed by atoms with Gasteiger partial charge in [0.2, 0.25) is 5.91 Å². The molecule has 3 N–H and O–H groups in total. The predicted octanol–water partition coefficient (Wildman–Crippen LogP) is 1.10. The molecule has 0 aliphatic carbocycles. The van der Waals surface area contributed by atoms with Gasteiger partial charge in [-0.25, -0.2) is 0 Å². The Kier molecular flexibility index (Phi) is 4.41. The maximum absolute atomic E-state index is 12.5. The fourth-order valence-electron chi connectivity index (χ4n) is 2.66. The lowest BCUT2D eigenvalue weighted by atomic mass is 10.1. The number of primary amides is 1. The van der Waals surface area contributed by atoms with Gasteiger partial charge in [0.15, 0.2) is 5.69 Å². The van der Waals surface area contributed by atoms with E-state index >= 15 is 0 Å². The first kappa shape index (κ1) is 15.9. The predicted molar refractivity (Wildman–Crippen MR) is 89.2 cm³/mol. The van der Waals surface area contributed by atoms with Crippen LogP contribution in [-0.4, -0.2) is 39.5 Å². The normalized spacial score (nSPS) is 17.1. The molecule has 124 valence electrons. The summed E-state index contributed by atoms with van der Waals surface area (Å²) in [7, 11) is 0. The van der Waals surface area contributed by atoms with Crippen LogP contribution < -0.4 is 11.1 Å². The summed E-state index contributed by atoms with van der Waals surface area (Å²) in [4.78, 5) is 25.3. The monoisotopic (exact) mass is 325 g/mol. The van der Waals surface area contributed by atoms with E-state index in [0.29, 0.717) is 25.3 Å². The van der Waals surface area contributed by atoms with Crippen molar-refractivity contribution in [3.8, 4) is 0 Å². The first-order valence-electron chi connectivity index (χ1n) is 7.77. The number of hydrogen-bond acceptors (Lipinski definition) is 5. The Morgan fingerprint density at radius 2 is 2.00 bits per heavy atom. The number of anilines is 1. The van der Waals surface area contributed by atoms with Crippen LogP contribution in [0.15, 0.2) is 36.4 Å². The van der Waals surface area contributed by atoms with Crippen LogP contribution in [0.4, 0.5) is 5.82 Å². The number of carbonyl (C=O) groups excluding carboxylic acids is 2. The molecule has 0 spiro atoms. The van der Waals surface area contributed by atoms with E-state index in [1.54, 1.807) is 6.07 Å². The van der Waals surface area contributed by atoms with E-state index in [4.69, 9.17) is 5.73 Å². The van der Waals surface area contributed by atoms with E-state index in [1.165, 1.54) is 11.6 Å². The second-order valence-corrected chi connectivity index (χ2v) is 5.90. The molecule has 2 amide bonds. The number of hydrogen-bond donors (Lipinski definition) is 2. The fourth-order valence-corrected chi connectivity index (χ4v) is 2.66. The van der Waals surface area contributed by atoms with Gasteiger partial charge in [0.05, 0.1) is 0 Å². The van der Waals surface area contributed by atoms with E-state index < -0.39 is 5.91 Å². The quantitative estimate of drug-likeness (QED) is 0.857. The Bertz CT molecular complexity index is 743. The maximum Gasteiger partial charge on any atom is 0.269 e. The number of carbonyl (C=O) groups is 2. The second kappa shape index (κ2) is 6.66. The molecular formula is C17H19N5O2. The third-order valence-electron chi connectivity index (χ3n) is 4.03. The lowest BCUT2D eigenvalue weighted by Crippen LogP contribution is -2.33. The summed E-state index contributed by atoms with van der Waals surface area (Å²) in [5.41, 5.74) is 7.53. The van der Waals surface area contributed by atoms with Crippen LogP contribution in [0.2, 0.25) is 0 Å². The molecule has 2 heterocycles. The van der Waals surface area contributed by atoms with Crippen LogP contribution in [-0.2, 0) is 11.3 Å². The van der Waals surface area contributed by atoms with Crippen molar-refractivity contribution in [1.29, 1.82) is 0 Å². The number of nitrogens with one attached hydrogen (secondary N) is 1. The first-order valence-corrected chi connectivity index (χ1v) is 7.77. The van der Waals surface area contributed by atoms with E-state index in [2.05, 4.69) is 15.5 Å². The zero-order valence-electron chi connectivity index (χ0n) is 13.4. The first-order chi connectivity index (χ1) is 11.5. The van der Waals surface area contributed by atoms with Crippen LogP contribution in [0, 0.1) is 6.92 Å². The molecule has 1 saturated heterocycles. The van der Waals surface area contributed by atoms with E-state index in [0.717, 1.165) is 5.56 Å². The van der Waals surface area contributed by atoms with Gasteiger partial charge in [0.25, 0.3) is 5.91 Å². The van der Waals surface area contributed by atoms with E-state index in [-0.39, 0.29) is 17.6 Å². The van der Waals surface area contributed by atoms with Crippen molar-refractivity contribution in [3.63, 3.8) is 0 Å². The topological polar surface area (TPSA) is 101 Å². The van der Waals surface area contributed by atoms with Gasteiger partial charge in [-0.1, -0.05) is 29.8 Å². The Hall–Kier alpha value is -2.96. The molecular weight excluding hydrogens is 306 g/mol. The lowest BCUT2D eigenvalue weighted by Gasteiger charge is -2.17. The molecule has 3 rings (SSSR count). The average molecular weight is 325 g/mol. The van der Waals surface area contributed by atoms with Crippen molar-refractivity contribution in [2.24, 2.45) is 5.73 Å². The van der Waals surface area contributed by atoms with Crippen molar-refractivity contribution < 1.29 is 9.59 Å². The molecule has 2 aromatic rings. The Morgan fingerprint density at radius 3 is 2.62 bits per heavy atom. The van der Waals surface area contributed by atoms with Gasteiger partial charge in [-0.2, -0.15) is 0 Å². The number of nitrogens with two attached hydrogens (primary N) is 1. The number of likely N-dealkylation sites (tertiary alicyclic amines) is 1. The highest BCUT2D eigenvalue weighted by atomic mass is 16.2. The van der Waals surface area contributed by atoms with Crippen LogP contribution in [0.5, 0.6) is 0 Å². The van der Waals surface area contributed by atoms with Gasteiger partial charge in [-0.3, -0.25) is 9.59 Å². The number of aromatic nitrogens is 2. The minimum atomic E-state index is -0.629. The molecule has 7 heteroatoms. The van der Waals surface area contributed by atoms with Crippen molar-refractivity contribution >= 4 is 17.6 Å². The standard InChI is InChI=1S/C17H19N5O2/c1-11-2-4-12(5-3-11)10-22-9-8-14(17(22)24)19-15-7-6-13(16(18)23)20-21-15/h2-7,14H,8-10H2,1H3,(H2,18,23)(H,19,21). The summed E-state index contributed by atoms with van der Waals surface area (Å²) >= 11 is 0. The summed E-state index contributed by atoms with van der Waals surface area (Å²) in [6, 6.07) is 10.9. The Labute approximate surface area is 139 Å². The summed E-state index contributed by atoms with van der Waals surface area (Å²) in [6.45, 7) is 3.33. The number of amides is 2. The maximum atomic E-state index is 12.5. The highest BCUT2D eigenvalue weighted by Crippen LogP contribution is 2.18. The van der Waals surface area contributed by atoms with Crippen LogP contribution in [0.3, 0.4) is 0 Å². The smallest absolute Gasteiger partial charge is 0.269 e. The molecule has 1 atom stereocenters. The van der Waals surface area contributed by atoms with Gasteiger partial charge < -0.3 is 16.0 Å². The van der Waals surface area contributed by atoms with Crippen molar-refractivity contribution in [2.45, 2.75) is 25.9 Å². The van der Waals surface area contributed by atoms with Crippen molar-refractivity contribution in [1.82, 2.24) is 15.1 Å². The van der Waals surface area contributed by atoms with Crippen LogP contribution in [0.1, 0.15) is 28.0 Å². The highest BCUT2D eigenvalue weighted by Gasteiger charge is 2.31. The molecule has 24 heavy (non-hydrogen) atoms. The fraction of sp³-hybridized carbons (Fsp3) is 0.294. The van der Waals surface area contributed by atoms with Crippen LogP contribution >= 0.6 is 0 Å². The van der Waals surface area contributed by atoms with E-state index in [9.17, 15) is 9.59 Å². The van der Waals surface area contributed by atoms with Gasteiger partial charge in [-0.05, 0) is 31.0 Å². The summed E-state index contributed by atoms with van der Waals surface area (Å²) < 4.78 is 0. The zero-order valence-corrected chi connectivity index (χ0v) is 13.4. The largest absolute Gasteiger partial charge is 0.364 e. The third kappa shape index (κ3) is 3.51. The number of nitrogens with zero attached hydrogens (tertiary/aromatic N) is 3. The SMILES string of the molecule is Cc1ccc(CN2CCC(Nc3ccc(C(N)=O)nn3)C2=O)cc1. The molecule has 1 aliphatic rings. The van der Waals surface area contributed by atoms with Gasteiger partial charge in [-0.15, -0.1) is 10.2 Å². The molecule has 1 fully saturated rings. The zero-order chi connectivity index (χ0) is 17.1. The Balaban J connectivity index is 1.61. The minimum absolute atomic E-state index is 0.0383. The number of aryl methyl sites for hydroxylation is 1. The number of benzene rings is 1. The summed E-state index contributed by atoms with van der Waals surface area (Å²) in [5, 5.41) is 10.7. The van der Waals surface area contributed by atoms with Gasteiger partial charge in [0.1, 0.15) is 11.9 Å². The van der Waals surface area contributed by atoms with Gasteiger partial charge >= 0.3 is 0 Å². The molecule has 1 unspecified atom stereocenters. The van der Waals surface area contributed by atoms with Crippen LogP contribution in [0.25, 0.3) is 0 Å². The Morgan fingerprint density at radius 1 is 1.25 bits per heavy atom. The molecule has 1 aromatic carbocycles.